The van der Waals surface area contributed by atoms with Gasteiger partial charge in [0.05, 0.1) is 13.5 Å². The lowest BCUT2D eigenvalue weighted by molar-refractivity contribution is -0.172. The van der Waals surface area contributed by atoms with Gasteiger partial charge in [0.15, 0.2) is 11.2 Å². The number of likely N-dealkylation sites (tertiary alicyclic amines) is 1. The van der Waals surface area contributed by atoms with Crippen molar-refractivity contribution in [1.29, 1.82) is 0 Å². The van der Waals surface area contributed by atoms with Crippen molar-refractivity contribution < 1.29 is 23.5 Å². The first kappa shape index (κ1) is 22.9. The highest BCUT2D eigenvalue weighted by Gasteiger charge is 2.62. The third-order valence-corrected chi connectivity index (χ3v) is 7.87. The highest BCUT2D eigenvalue weighted by molar-refractivity contribution is 6.08. The minimum absolute atomic E-state index is 0.0262. The van der Waals surface area contributed by atoms with Gasteiger partial charge < -0.3 is 9.64 Å². The molecule has 5 atom stereocenters. The summed E-state index contributed by atoms with van der Waals surface area (Å²) in [6.45, 7) is 4.58. The van der Waals surface area contributed by atoms with Crippen molar-refractivity contribution in [3.8, 4) is 0 Å². The van der Waals surface area contributed by atoms with Crippen LogP contribution in [0.5, 0.6) is 0 Å². The van der Waals surface area contributed by atoms with Gasteiger partial charge >= 0.3 is 5.97 Å². The summed E-state index contributed by atoms with van der Waals surface area (Å²) in [5, 5.41) is 0. The molecule has 3 saturated heterocycles. The largest absolute Gasteiger partial charge is 0.468 e. The Hall–Kier alpha value is -2.28. The number of hydrogen-bond acceptors (Lipinski definition) is 5. The van der Waals surface area contributed by atoms with E-state index in [1.165, 1.54) is 19.2 Å². The second-order valence-electron chi connectivity index (χ2n) is 9.74. The maximum Gasteiger partial charge on any atom is 0.321 e. The fourth-order valence-electron chi connectivity index (χ4n) is 6.27. The Balaban J connectivity index is 1.66. The first-order valence-corrected chi connectivity index (χ1v) is 11.7. The van der Waals surface area contributed by atoms with Crippen LogP contribution in [0.15, 0.2) is 24.3 Å². The van der Waals surface area contributed by atoms with E-state index < -0.39 is 17.4 Å². The van der Waals surface area contributed by atoms with Gasteiger partial charge in [-0.05, 0) is 63.6 Å². The van der Waals surface area contributed by atoms with Gasteiger partial charge in [0.2, 0.25) is 5.91 Å². The topological polar surface area (TPSA) is 66.9 Å². The Kier molecular flexibility index (Phi) is 6.39. The minimum Gasteiger partial charge on any atom is -0.468 e. The van der Waals surface area contributed by atoms with Gasteiger partial charge in [-0.25, -0.2) is 4.39 Å². The van der Waals surface area contributed by atoms with Crippen molar-refractivity contribution in [3.05, 3.63) is 35.6 Å². The van der Waals surface area contributed by atoms with E-state index in [1.54, 1.807) is 12.1 Å². The number of fused-ring (bicyclic) bond motifs is 2. The lowest BCUT2D eigenvalue weighted by atomic mass is 9.69. The fraction of sp³-hybridized carbons (Fsp3) is 0.640. The van der Waals surface area contributed by atoms with E-state index in [0.29, 0.717) is 13.0 Å². The van der Waals surface area contributed by atoms with Gasteiger partial charge in [-0.3, -0.25) is 19.3 Å². The number of amides is 1. The SMILES string of the molecule is COC(=O)[C@]1(CC(=O)N2[C@H](C)CCC[C@@H]2C)C(=O)C[C@H]2CC[C@@H]1N2Cc1ccc(F)cc1. The van der Waals surface area contributed by atoms with Gasteiger partial charge in [-0.15, -0.1) is 0 Å². The summed E-state index contributed by atoms with van der Waals surface area (Å²) in [4.78, 5) is 44.3. The quantitative estimate of drug-likeness (QED) is 0.514. The number of ketones is 1. The van der Waals surface area contributed by atoms with E-state index in [2.05, 4.69) is 4.90 Å². The minimum atomic E-state index is -1.49. The molecule has 3 aliphatic heterocycles. The number of halogens is 1. The van der Waals surface area contributed by atoms with Crippen LogP contribution < -0.4 is 0 Å². The molecule has 0 spiro atoms. The molecule has 0 aliphatic carbocycles. The average molecular weight is 445 g/mol. The van der Waals surface area contributed by atoms with E-state index in [4.69, 9.17) is 4.74 Å². The van der Waals surface area contributed by atoms with Crippen LogP contribution in [0.1, 0.15) is 64.4 Å². The number of rotatable bonds is 5. The summed E-state index contributed by atoms with van der Waals surface area (Å²) in [6.07, 6.45) is 4.46. The van der Waals surface area contributed by atoms with Crippen LogP contribution >= 0.6 is 0 Å². The summed E-state index contributed by atoms with van der Waals surface area (Å²) in [6, 6.07) is 6.10. The molecule has 6 nitrogen and oxygen atoms in total. The molecule has 7 heteroatoms. The van der Waals surface area contributed by atoms with Crippen LogP contribution in [-0.4, -0.2) is 58.7 Å². The number of nitrogens with zero attached hydrogens (tertiary/aromatic N) is 2. The summed E-state index contributed by atoms with van der Waals surface area (Å²) in [7, 11) is 1.29. The molecule has 0 unspecified atom stereocenters. The molecule has 174 valence electrons. The molecule has 0 radical (unpaired) electrons. The monoisotopic (exact) mass is 444 g/mol. The predicted molar refractivity (Wildman–Crippen MR) is 117 cm³/mol. The molecule has 3 fully saturated rings. The van der Waals surface area contributed by atoms with Crippen LogP contribution in [0.3, 0.4) is 0 Å². The van der Waals surface area contributed by atoms with Crippen LogP contribution in [0.25, 0.3) is 0 Å². The lowest BCUT2D eigenvalue weighted by Crippen LogP contribution is -2.62. The summed E-state index contributed by atoms with van der Waals surface area (Å²) in [5.74, 6) is -1.24. The van der Waals surface area contributed by atoms with Crippen molar-refractivity contribution in [1.82, 2.24) is 9.80 Å². The van der Waals surface area contributed by atoms with Crippen molar-refractivity contribution in [2.24, 2.45) is 5.41 Å². The van der Waals surface area contributed by atoms with E-state index in [9.17, 15) is 18.8 Å². The Labute approximate surface area is 189 Å². The Morgan fingerprint density at radius 1 is 1.09 bits per heavy atom. The second-order valence-corrected chi connectivity index (χ2v) is 9.74. The molecule has 3 aliphatic rings. The number of ether oxygens (including phenoxy) is 1. The van der Waals surface area contributed by atoms with Gasteiger partial charge in [0, 0.05) is 37.1 Å². The molecule has 3 heterocycles. The van der Waals surface area contributed by atoms with Gasteiger partial charge in [-0.1, -0.05) is 12.1 Å². The molecule has 0 N–H and O–H groups in total. The number of Topliss-reactive ketones (excluding diaryl/α,β-unsaturated/α-hetero) is 1. The number of carbonyl (C=O) groups is 3. The number of carbonyl (C=O) groups excluding carboxylic acids is 3. The van der Waals surface area contributed by atoms with Crippen LogP contribution in [0, 0.1) is 11.2 Å². The maximum atomic E-state index is 13.5. The highest BCUT2D eigenvalue weighted by Crippen LogP contribution is 2.48. The average Bonchev–Trinajstić information content (AvgIpc) is 3.07. The van der Waals surface area contributed by atoms with Crippen molar-refractivity contribution in [2.75, 3.05) is 7.11 Å². The van der Waals surface area contributed by atoms with Gasteiger partial charge in [0.1, 0.15) is 5.82 Å². The van der Waals surface area contributed by atoms with E-state index in [0.717, 1.165) is 31.2 Å². The normalized spacial score (nSPS) is 32.8. The summed E-state index contributed by atoms with van der Waals surface area (Å²) < 4.78 is 18.5. The molecular formula is C25H33FN2O4. The molecule has 1 aromatic rings. The molecule has 2 bridgehead atoms. The van der Waals surface area contributed by atoms with Gasteiger partial charge in [0.25, 0.3) is 0 Å². The van der Waals surface area contributed by atoms with E-state index >= 15 is 0 Å². The number of esters is 1. The molecule has 32 heavy (non-hydrogen) atoms. The predicted octanol–water partition coefficient (Wildman–Crippen LogP) is 3.47. The summed E-state index contributed by atoms with van der Waals surface area (Å²) in [5.41, 5.74) is -0.573. The third-order valence-electron chi connectivity index (χ3n) is 7.87. The third kappa shape index (κ3) is 3.85. The fourth-order valence-corrected chi connectivity index (χ4v) is 6.27. The van der Waals surface area contributed by atoms with Crippen molar-refractivity contribution in [2.45, 2.75) is 89.5 Å². The second kappa shape index (κ2) is 8.93. The lowest BCUT2D eigenvalue weighted by Gasteiger charge is -2.47. The highest BCUT2D eigenvalue weighted by atomic mass is 19.1. The Morgan fingerprint density at radius 3 is 2.38 bits per heavy atom. The number of methoxy groups -OCH3 is 1. The number of hydrogen-bond donors (Lipinski definition) is 0. The maximum absolute atomic E-state index is 13.5. The Morgan fingerprint density at radius 2 is 1.75 bits per heavy atom. The molecule has 1 aromatic carbocycles. The van der Waals surface area contributed by atoms with Crippen LogP contribution in [-0.2, 0) is 25.7 Å². The molecular weight excluding hydrogens is 411 g/mol. The Bertz CT molecular complexity index is 878. The first-order valence-electron chi connectivity index (χ1n) is 11.7. The molecule has 1 amide bonds. The van der Waals surface area contributed by atoms with Crippen LogP contribution in [0.4, 0.5) is 4.39 Å². The van der Waals surface area contributed by atoms with Gasteiger partial charge in [-0.2, -0.15) is 0 Å². The zero-order chi connectivity index (χ0) is 23.0. The van der Waals surface area contributed by atoms with Crippen LogP contribution in [0.2, 0.25) is 0 Å². The standard InChI is InChI=1S/C25H33FN2O4/c1-16-5-4-6-17(2)28(16)23(30)14-25(24(31)32-3)21-12-11-20(13-22(25)29)27(21)15-18-7-9-19(26)10-8-18/h7-10,16-17,20-21H,4-6,11-15H2,1-3H3/t16-,17+,20-,21+,25+/m1/s1. The number of benzene rings is 1. The van der Waals surface area contributed by atoms with Crippen molar-refractivity contribution in [3.63, 3.8) is 0 Å². The molecule has 4 rings (SSSR count). The van der Waals surface area contributed by atoms with E-state index in [1.807, 2.05) is 18.7 Å². The molecule has 0 aromatic heterocycles. The smallest absolute Gasteiger partial charge is 0.321 e. The zero-order valence-electron chi connectivity index (χ0n) is 19.2. The van der Waals surface area contributed by atoms with Crippen molar-refractivity contribution >= 4 is 17.7 Å². The van der Waals surface area contributed by atoms with E-state index in [-0.39, 0.29) is 48.5 Å². The first-order chi connectivity index (χ1) is 15.3. The zero-order valence-corrected chi connectivity index (χ0v) is 19.2. The molecule has 0 saturated carbocycles. The number of piperidine rings is 2. The summed E-state index contributed by atoms with van der Waals surface area (Å²) >= 11 is 0.